The van der Waals surface area contributed by atoms with Crippen LogP contribution in [0.5, 0.6) is 11.5 Å². The first-order valence-electron chi connectivity index (χ1n) is 6.49. The molecule has 0 heterocycles. The van der Waals surface area contributed by atoms with E-state index in [4.69, 9.17) is 10.5 Å². The summed E-state index contributed by atoms with van der Waals surface area (Å²) in [5.41, 5.74) is 7.22. The fourth-order valence-corrected chi connectivity index (χ4v) is 1.97. The van der Waals surface area contributed by atoms with Crippen LogP contribution in [-0.4, -0.2) is 0 Å². The Hall–Kier alpha value is -1.87. The number of hydrogen-bond acceptors (Lipinski definition) is 2. The summed E-state index contributed by atoms with van der Waals surface area (Å²) in [7, 11) is 0. The summed E-state index contributed by atoms with van der Waals surface area (Å²) in [6.45, 7) is 2.26. The first kappa shape index (κ1) is 13.6. The van der Waals surface area contributed by atoms with Crippen LogP contribution in [-0.2, 0) is 13.0 Å². The highest BCUT2D eigenvalue weighted by molar-refractivity contribution is 5.39. The maximum Gasteiger partial charge on any atom is 0.134 e. The summed E-state index contributed by atoms with van der Waals surface area (Å²) >= 11 is 0. The Balaban J connectivity index is 2.19. The van der Waals surface area contributed by atoms with Crippen LogP contribution in [0.1, 0.15) is 24.5 Å². The number of benzene rings is 2. The molecule has 0 aliphatic carbocycles. The molecule has 0 aliphatic heterocycles. The molecule has 100 valence electrons. The van der Waals surface area contributed by atoms with E-state index >= 15 is 0 Å². The van der Waals surface area contributed by atoms with E-state index in [1.807, 2.05) is 24.3 Å². The maximum absolute atomic E-state index is 13.6. The molecule has 2 N–H and O–H groups in total. The number of aryl methyl sites for hydroxylation is 1. The quantitative estimate of drug-likeness (QED) is 0.879. The number of rotatable bonds is 5. The van der Waals surface area contributed by atoms with Crippen molar-refractivity contribution in [2.75, 3.05) is 0 Å². The Kier molecular flexibility index (Phi) is 4.53. The summed E-state index contributed by atoms with van der Waals surface area (Å²) in [6.07, 6.45) is 2.16. The number of halogens is 1. The molecule has 2 aromatic carbocycles. The van der Waals surface area contributed by atoms with Gasteiger partial charge < -0.3 is 10.5 Å². The first-order chi connectivity index (χ1) is 9.24. The van der Waals surface area contributed by atoms with E-state index in [9.17, 15) is 4.39 Å². The van der Waals surface area contributed by atoms with E-state index in [1.54, 1.807) is 12.1 Å². The predicted molar refractivity (Wildman–Crippen MR) is 74.8 cm³/mol. The monoisotopic (exact) mass is 259 g/mol. The third-order valence-electron chi connectivity index (χ3n) is 2.97. The number of ether oxygens (including phenoxy) is 1. The topological polar surface area (TPSA) is 35.2 Å². The van der Waals surface area contributed by atoms with Gasteiger partial charge >= 0.3 is 0 Å². The highest BCUT2D eigenvalue weighted by Crippen LogP contribution is 2.27. The molecule has 0 aliphatic rings. The molecular weight excluding hydrogens is 241 g/mol. The van der Waals surface area contributed by atoms with Crippen molar-refractivity contribution in [3.63, 3.8) is 0 Å². The van der Waals surface area contributed by atoms with Crippen molar-refractivity contribution in [2.24, 2.45) is 5.73 Å². The second-order valence-corrected chi connectivity index (χ2v) is 4.42. The lowest BCUT2D eigenvalue weighted by Crippen LogP contribution is -2.02. The largest absolute Gasteiger partial charge is 0.457 e. The van der Waals surface area contributed by atoms with E-state index in [0.717, 1.165) is 12.8 Å². The molecule has 3 heteroatoms. The standard InChI is InChI=1S/C16H18FNO/c1-2-4-12-7-9-13(10-8-12)19-16-6-3-5-15(17)14(16)11-18/h3,5-10H,2,4,11,18H2,1H3. The summed E-state index contributed by atoms with van der Waals surface area (Å²) in [6, 6.07) is 12.6. The van der Waals surface area contributed by atoms with E-state index in [-0.39, 0.29) is 12.4 Å². The van der Waals surface area contributed by atoms with Gasteiger partial charge in [0.25, 0.3) is 0 Å². The van der Waals surface area contributed by atoms with Gasteiger partial charge in [0, 0.05) is 12.1 Å². The zero-order valence-electron chi connectivity index (χ0n) is 11.0. The molecule has 0 radical (unpaired) electrons. The SMILES string of the molecule is CCCc1ccc(Oc2cccc(F)c2CN)cc1. The van der Waals surface area contributed by atoms with E-state index in [0.29, 0.717) is 17.1 Å². The molecule has 0 bridgehead atoms. The van der Waals surface area contributed by atoms with E-state index in [1.165, 1.54) is 11.6 Å². The molecule has 0 fully saturated rings. The Bertz CT molecular complexity index is 537. The molecule has 2 nitrogen and oxygen atoms in total. The van der Waals surface area contributed by atoms with Gasteiger partial charge in [-0.25, -0.2) is 4.39 Å². The second kappa shape index (κ2) is 6.34. The lowest BCUT2D eigenvalue weighted by Gasteiger charge is -2.11. The molecule has 0 amide bonds. The minimum atomic E-state index is -0.331. The molecule has 0 saturated carbocycles. The van der Waals surface area contributed by atoms with Crippen molar-refractivity contribution in [1.29, 1.82) is 0 Å². The Morgan fingerprint density at radius 3 is 2.47 bits per heavy atom. The fourth-order valence-electron chi connectivity index (χ4n) is 1.97. The van der Waals surface area contributed by atoms with Gasteiger partial charge in [-0.15, -0.1) is 0 Å². The van der Waals surface area contributed by atoms with Crippen molar-refractivity contribution in [3.8, 4) is 11.5 Å². The number of hydrogen-bond donors (Lipinski definition) is 1. The highest BCUT2D eigenvalue weighted by atomic mass is 19.1. The molecule has 2 rings (SSSR count). The van der Waals surface area contributed by atoms with E-state index in [2.05, 4.69) is 6.92 Å². The van der Waals surface area contributed by atoms with Gasteiger partial charge in [0.1, 0.15) is 17.3 Å². The van der Waals surface area contributed by atoms with Gasteiger partial charge in [0.05, 0.1) is 0 Å². The van der Waals surface area contributed by atoms with Gasteiger partial charge in [-0.05, 0) is 36.2 Å². The summed E-state index contributed by atoms with van der Waals surface area (Å²) < 4.78 is 19.3. The van der Waals surface area contributed by atoms with Crippen LogP contribution in [0.25, 0.3) is 0 Å². The Morgan fingerprint density at radius 1 is 1.11 bits per heavy atom. The van der Waals surface area contributed by atoms with Crippen LogP contribution >= 0.6 is 0 Å². The van der Waals surface area contributed by atoms with Gasteiger partial charge in [-0.3, -0.25) is 0 Å². The molecule has 0 atom stereocenters. The van der Waals surface area contributed by atoms with Crippen LogP contribution in [0.4, 0.5) is 4.39 Å². The molecule has 0 unspecified atom stereocenters. The zero-order chi connectivity index (χ0) is 13.7. The first-order valence-corrected chi connectivity index (χ1v) is 6.49. The predicted octanol–water partition coefficient (Wildman–Crippen LogP) is 4.03. The maximum atomic E-state index is 13.6. The smallest absolute Gasteiger partial charge is 0.134 e. The summed E-state index contributed by atoms with van der Waals surface area (Å²) in [5, 5.41) is 0. The Labute approximate surface area is 113 Å². The molecule has 0 saturated heterocycles. The van der Waals surface area contributed by atoms with E-state index < -0.39 is 0 Å². The van der Waals surface area contributed by atoms with Crippen molar-refractivity contribution >= 4 is 0 Å². The van der Waals surface area contributed by atoms with Gasteiger partial charge in [-0.1, -0.05) is 31.5 Å². The fraction of sp³-hybridized carbons (Fsp3) is 0.250. The van der Waals surface area contributed by atoms with Crippen LogP contribution in [0.2, 0.25) is 0 Å². The van der Waals surface area contributed by atoms with Gasteiger partial charge in [0.2, 0.25) is 0 Å². The summed E-state index contributed by atoms with van der Waals surface area (Å²) in [5.74, 6) is 0.841. The molecule has 0 aromatic heterocycles. The lowest BCUT2D eigenvalue weighted by molar-refractivity contribution is 0.467. The third-order valence-corrected chi connectivity index (χ3v) is 2.97. The lowest BCUT2D eigenvalue weighted by atomic mass is 10.1. The van der Waals surface area contributed by atoms with Crippen molar-refractivity contribution in [1.82, 2.24) is 0 Å². The normalized spacial score (nSPS) is 10.5. The minimum Gasteiger partial charge on any atom is -0.457 e. The van der Waals surface area contributed by atoms with Crippen molar-refractivity contribution < 1.29 is 9.13 Å². The molecule has 0 spiro atoms. The van der Waals surface area contributed by atoms with Gasteiger partial charge in [-0.2, -0.15) is 0 Å². The number of nitrogens with two attached hydrogens (primary N) is 1. The Morgan fingerprint density at radius 2 is 1.84 bits per heavy atom. The second-order valence-electron chi connectivity index (χ2n) is 4.42. The summed E-state index contributed by atoms with van der Waals surface area (Å²) in [4.78, 5) is 0. The molecule has 19 heavy (non-hydrogen) atoms. The van der Waals surface area contributed by atoms with Crippen molar-refractivity contribution in [2.45, 2.75) is 26.3 Å². The average Bonchev–Trinajstić information content (AvgIpc) is 2.42. The van der Waals surface area contributed by atoms with Crippen LogP contribution in [0, 0.1) is 5.82 Å². The van der Waals surface area contributed by atoms with Gasteiger partial charge in [0.15, 0.2) is 0 Å². The van der Waals surface area contributed by atoms with Crippen LogP contribution in [0.3, 0.4) is 0 Å². The zero-order valence-corrected chi connectivity index (χ0v) is 11.0. The average molecular weight is 259 g/mol. The van der Waals surface area contributed by atoms with Crippen LogP contribution in [0.15, 0.2) is 42.5 Å². The third kappa shape index (κ3) is 3.32. The molecule has 2 aromatic rings. The molecular formula is C16H18FNO. The van der Waals surface area contributed by atoms with Crippen molar-refractivity contribution in [3.05, 3.63) is 59.4 Å². The highest BCUT2D eigenvalue weighted by Gasteiger charge is 2.08. The minimum absolute atomic E-state index is 0.121. The van der Waals surface area contributed by atoms with Crippen LogP contribution < -0.4 is 10.5 Å².